The number of carbonyl (C=O) groups is 5. The predicted molar refractivity (Wildman–Crippen MR) is 145 cm³/mol. The highest BCUT2D eigenvalue weighted by Gasteiger charge is 2.25. The first-order chi connectivity index (χ1) is 19.1. The number of primary amides is 1. The monoisotopic (exact) mass is 563 g/mol. The summed E-state index contributed by atoms with van der Waals surface area (Å²) in [5.41, 5.74) is 9.44. The number of rotatable bonds is 15. The van der Waals surface area contributed by atoms with Crippen molar-refractivity contribution < 1.29 is 34.2 Å². The molecule has 0 unspecified atom stereocenters. The third-order valence-corrected chi connectivity index (χ3v) is 7.15. The van der Waals surface area contributed by atoms with Crippen molar-refractivity contribution in [3.63, 3.8) is 0 Å². The van der Waals surface area contributed by atoms with Gasteiger partial charge in [-0.25, -0.2) is 0 Å². The van der Waals surface area contributed by atoms with Crippen LogP contribution in [-0.4, -0.2) is 41.7 Å². The van der Waals surface area contributed by atoms with E-state index in [0.717, 1.165) is 27.1 Å². The first-order valence-electron chi connectivity index (χ1n) is 12.6. The van der Waals surface area contributed by atoms with Gasteiger partial charge in [-0.2, -0.15) is 0 Å². The number of hydrogen-bond donors (Lipinski definition) is 3. The minimum absolute atomic E-state index is 0.0234. The van der Waals surface area contributed by atoms with E-state index >= 15 is 0 Å². The summed E-state index contributed by atoms with van der Waals surface area (Å²) in [6.07, 6.45) is -1.24. The summed E-state index contributed by atoms with van der Waals surface area (Å²) in [4.78, 5) is 59.6. The molecule has 0 saturated heterocycles. The summed E-state index contributed by atoms with van der Waals surface area (Å²) in [6.45, 7) is 0. The van der Waals surface area contributed by atoms with Crippen LogP contribution in [0.15, 0.2) is 66.0 Å². The second-order valence-corrected chi connectivity index (χ2v) is 10.1. The van der Waals surface area contributed by atoms with Crippen LogP contribution in [-0.2, 0) is 30.4 Å². The minimum atomic E-state index is -1.43. The molecule has 11 heteroatoms. The number of amides is 3. The molecule has 0 spiro atoms. The van der Waals surface area contributed by atoms with E-state index in [9.17, 15) is 34.2 Å². The Kier molecular flexibility index (Phi) is 11.0. The number of hydrogen-bond acceptors (Lipinski definition) is 8. The highest BCUT2D eigenvalue weighted by Crippen LogP contribution is 2.32. The molecular weight excluding hydrogens is 534 g/mol. The third kappa shape index (κ3) is 9.35. The quantitative estimate of drug-likeness (QED) is 0.241. The van der Waals surface area contributed by atoms with Gasteiger partial charge < -0.3 is 36.2 Å². The summed E-state index contributed by atoms with van der Waals surface area (Å²) >= 11 is 1.64. The van der Waals surface area contributed by atoms with Gasteiger partial charge in [-0.3, -0.25) is 14.4 Å². The molecule has 0 aliphatic heterocycles. The summed E-state index contributed by atoms with van der Waals surface area (Å²) in [6, 6.07) is 17.4. The van der Waals surface area contributed by atoms with Crippen LogP contribution in [0.1, 0.15) is 37.7 Å². The van der Waals surface area contributed by atoms with E-state index < -0.39 is 54.6 Å². The summed E-state index contributed by atoms with van der Waals surface area (Å²) in [5.74, 6) is -5.17. The van der Waals surface area contributed by atoms with E-state index in [1.807, 2.05) is 42.5 Å². The van der Waals surface area contributed by atoms with E-state index in [-0.39, 0.29) is 19.3 Å². The van der Waals surface area contributed by atoms with Crippen molar-refractivity contribution in [1.82, 2.24) is 10.6 Å². The van der Waals surface area contributed by atoms with E-state index in [2.05, 4.69) is 34.2 Å². The Morgan fingerprint density at radius 2 is 1.38 bits per heavy atom. The van der Waals surface area contributed by atoms with E-state index in [0.29, 0.717) is 6.42 Å². The van der Waals surface area contributed by atoms with Crippen molar-refractivity contribution in [3.05, 3.63) is 71.6 Å². The smallest absolute Gasteiger partial charge is 0.243 e. The van der Waals surface area contributed by atoms with Crippen molar-refractivity contribution in [2.45, 2.75) is 50.6 Å². The molecule has 4 N–H and O–H groups in total. The van der Waals surface area contributed by atoms with Gasteiger partial charge in [0.1, 0.15) is 12.1 Å². The van der Waals surface area contributed by atoms with E-state index in [1.54, 1.807) is 11.3 Å². The lowest BCUT2D eigenvalue weighted by Gasteiger charge is -2.22. The lowest BCUT2D eigenvalue weighted by Crippen LogP contribution is -2.53. The fourth-order valence-electron chi connectivity index (χ4n) is 3.98. The number of nitrogens with one attached hydrogen (secondary N) is 2. The van der Waals surface area contributed by atoms with Gasteiger partial charge in [-0.1, -0.05) is 54.6 Å². The van der Waals surface area contributed by atoms with Gasteiger partial charge in [0.25, 0.3) is 0 Å². The summed E-state index contributed by atoms with van der Waals surface area (Å²) < 4.78 is 0. The largest absolute Gasteiger partial charge is 0.550 e. The Hall–Kier alpha value is -4.51. The molecule has 40 heavy (non-hydrogen) atoms. The Bertz CT molecular complexity index is 1340. The van der Waals surface area contributed by atoms with Crippen molar-refractivity contribution >= 4 is 41.0 Å². The molecule has 3 rings (SSSR count). The Morgan fingerprint density at radius 3 is 1.98 bits per heavy atom. The average Bonchev–Trinajstić information content (AvgIpc) is 3.43. The summed E-state index contributed by atoms with van der Waals surface area (Å²) in [5, 5.41) is 28.5. The van der Waals surface area contributed by atoms with Crippen LogP contribution < -0.4 is 26.6 Å². The van der Waals surface area contributed by atoms with Gasteiger partial charge in [-0.15, -0.1) is 11.3 Å². The Balaban J connectivity index is 1.57. The molecule has 10 nitrogen and oxygen atoms in total. The van der Waals surface area contributed by atoms with Crippen molar-refractivity contribution in [1.29, 1.82) is 0 Å². The number of thiophene rings is 1. The molecule has 2 aromatic carbocycles. The van der Waals surface area contributed by atoms with Crippen LogP contribution in [0, 0.1) is 0 Å². The first-order valence-corrected chi connectivity index (χ1v) is 13.5. The number of carboxylic acids is 2. The first kappa shape index (κ1) is 30.0. The lowest BCUT2D eigenvalue weighted by atomic mass is 10.0. The molecular formula is C29H29N3O7S-2. The number of aliphatic carboxylic acids is 2. The highest BCUT2D eigenvalue weighted by atomic mass is 32.1. The number of aryl methyl sites for hydroxylation is 1. The average molecular weight is 564 g/mol. The van der Waals surface area contributed by atoms with Crippen molar-refractivity contribution in [2.75, 3.05) is 0 Å². The molecule has 210 valence electrons. The minimum Gasteiger partial charge on any atom is -0.550 e. The predicted octanol–water partition coefficient (Wildman–Crippen LogP) is 0.530. The van der Waals surface area contributed by atoms with E-state index in [4.69, 9.17) is 5.73 Å². The van der Waals surface area contributed by atoms with Gasteiger partial charge in [-0.05, 0) is 65.8 Å². The molecule has 0 radical (unpaired) electrons. The van der Waals surface area contributed by atoms with Gasteiger partial charge in [0.2, 0.25) is 17.7 Å². The maximum atomic E-state index is 12.7. The molecule has 3 aromatic rings. The number of benzene rings is 2. The van der Waals surface area contributed by atoms with Crippen LogP contribution in [0.4, 0.5) is 0 Å². The molecule has 2 atom stereocenters. The molecule has 1 aromatic heterocycles. The number of nitrogens with two attached hydrogens (primary N) is 1. The highest BCUT2D eigenvalue weighted by molar-refractivity contribution is 7.14. The fraction of sp³-hybridized carbons (Fsp3) is 0.276. The Labute approximate surface area is 235 Å². The number of carboxylic acid groups (broad SMARTS) is 2. The standard InChI is InChI=1S/C29H31N3O7S/c30-28(38)22(11-14-26(34)35)32-29(39)23(12-15-27(36)37)31-25(33)13-8-18-6-9-20(10-7-18)24-16-21(17-40-24)19-4-2-1-3-5-19/h1-7,9-10,16-17,22-23H,8,11-15H2,(H2,30,38)(H,31,33)(H,32,39)(H,34,35)(H,36,37)/p-2/t22-,23-/m0/s1. The third-order valence-electron chi connectivity index (χ3n) is 6.17. The van der Waals surface area contributed by atoms with Gasteiger partial charge in [0, 0.05) is 23.2 Å². The molecule has 1 heterocycles. The van der Waals surface area contributed by atoms with Crippen molar-refractivity contribution in [2.24, 2.45) is 5.73 Å². The maximum absolute atomic E-state index is 12.7. The fourth-order valence-corrected chi connectivity index (χ4v) is 4.91. The van der Waals surface area contributed by atoms with Crippen LogP contribution in [0.2, 0.25) is 0 Å². The molecule has 0 saturated carbocycles. The van der Waals surface area contributed by atoms with Crippen LogP contribution in [0.25, 0.3) is 21.6 Å². The van der Waals surface area contributed by atoms with Crippen LogP contribution >= 0.6 is 11.3 Å². The van der Waals surface area contributed by atoms with Crippen LogP contribution in [0.3, 0.4) is 0 Å². The molecule has 0 fully saturated rings. The van der Waals surface area contributed by atoms with Crippen molar-refractivity contribution in [3.8, 4) is 21.6 Å². The number of carbonyl (C=O) groups excluding carboxylic acids is 5. The SMILES string of the molecule is NC(=O)[C@H](CCC(=O)[O-])NC(=O)[C@H](CCC(=O)[O-])NC(=O)CCc1ccc(-c2cc(-c3ccccc3)cs2)cc1. The van der Waals surface area contributed by atoms with Crippen LogP contribution in [0.5, 0.6) is 0 Å². The molecule has 0 aliphatic rings. The maximum Gasteiger partial charge on any atom is 0.243 e. The second-order valence-electron chi connectivity index (χ2n) is 9.17. The van der Waals surface area contributed by atoms with Gasteiger partial charge >= 0.3 is 0 Å². The zero-order valence-corrected chi connectivity index (χ0v) is 22.4. The zero-order chi connectivity index (χ0) is 29.1. The molecule has 0 aliphatic carbocycles. The van der Waals surface area contributed by atoms with E-state index in [1.165, 1.54) is 0 Å². The van der Waals surface area contributed by atoms with Gasteiger partial charge in [0.05, 0.1) is 0 Å². The molecule has 3 amide bonds. The normalized spacial score (nSPS) is 12.2. The zero-order valence-electron chi connectivity index (χ0n) is 21.6. The second kappa shape index (κ2) is 14.6. The topological polar surface area (TPSA) is 182 Å². The molecule has 0 bridgehead atoms. The summed E-state index contributed by atoms with van der Waals surface area (Å²) in [7, 11) is 0. The van der Waals surface area contributed by atoms with Gasteiger partial charge in [0.15, 0.2) is 0 Å². The Morgan fingerprint density at radius 1 is 0.750 bits per heavy atom. The lowest BCUT2D eigenvalue weighted by molar-refractivity contribution is -0.307.